The molecule has 0 amide bonds. The Kier molecular flexibility index (Phi) is 4.36. The number of furan rings is 1. The fraction of sp³-hybridized carbons (Fsp3) is 0.167. The van der Waals surface area contributed by atoms with E-state index in [-0.39, 0.29) is 23.1 Å². The van der Waals surface area contributed by atoms with Crippen molar-refractivity contribution in [2.75, 3.05) is 11.8 Å². The molecule has 1 heterocycles. The first-order valence-electron chi connectivity index (χ1n) is 5.52. The zero-order valence-electron chi connectivity index (χ0n) is 10.5. The highest BCUT2D eigenvalue weighted by atomic mass is 79.9. The molecule has 0 radical (unpaired) electrons. The normalized spacial score (nSPS) is 11.3. The average Bonchev–Trinajstić information content (AvgIpc) is 2.88. The van der Waals surface area contributed by atoms with Gasteiger partial charge in [-0.05, 0) is 30.3 Å². The van der Waals surface area contributed by atoms with Crippen molar-refractivity contribution in [3.63, 3.8) is 0 Å². The van der Waals surface area contributed by atoms with Crippen LogP contribution in [0.3, 0.4) is 0 Å². The Labute approximate surface area is 124 Å². The van der Waals surface area contributed by atoms with Crippen LogP contribution in [0.1, 0.15) is 5.76 Å². The summed E-state index contributed by atoms with van der Waals surface area (Å²) in [5.74, 6) is 0.553. The minimum absolute atomic E-state index is 0.173. The molecule has 0 aliphatic heterocycles. The molecule has 0 atom stereocenters. The van der Waals surface area contributed by atoms with Crippen LogP contribution in [0.4, 0.5) is 5.69 Å². The van der Waals surface area contributed by atoms with Gasteiger partial charge in [-0.25, -0.2) is 0 Å². The Morgan fingerprint density at radius 1 is 1.35 bits per heavy atom. The van der Waals surface area contributed by atoms with E-state index in [0.29, 0.717) is 10.2 Å². The first-order chi connectivity index (χ1) is 9.46. The molecule has 20 heavy (non-hydrogen) atoms. The smallest absolute Gasteiger partial charge is 0.295 e. The van der Waals surface area contributed by atoms with Crippen molar-refractivity contribution < 1.29 is 22.7 Å². The maximum absolute atomic E-state index is 12.2. The van der Waals surface area contributed by atoms with Crippen LogP contribution in [0.5, 0.6) is 5.75 Å². The lowest BCUT2D eigenvalue weighted by Crippen LogP contribution is -2.13. The van der Waals surface area contributed by atoms with E-state index in [4.69, 9.17) is 14.3 Å². The number of aliphatic hydroxyl groups excluding tert-OH is 1. The Hall–Kier alpha value is -1.51. The van der Waals surface area contributed by atoms with Gasteiger partial charge in [-0.2, -0.15) is 8.42 Å². The van der Waals surface area contributed by atoms with Crippen LogP contribution in [0, 0.1) is 0 Å². The number of hydrogen-bond donors (Lipinski definition) is 2. The summed E-state index contributed by atoms with van der Waals surface area (Å²) in [7, 11) is -2.44. The quantitative estimate of drug-likeness (QED) is 0.852. The zero-order valence-corrected chi connectivity index (χ0v) is 12.9. The molecule has 0 fully saturated rings. The van der Waals surface area contributed by atoms with Gasteiger partial charge in [0.1, 0.15) is 18.1 Å². The van der Waals surface area contributed by atoms with Crippen molar-refractivity contribution in [1.29, 1.82) is 0 Å². The molecule has 2 aromatic rings. The number of nitrogens with one attached hydrogen (secondary N) is 1. The van der Waals surface area contributed by atoms with Crippen LogP contribution < -0.4 is 9.46 Å². The van der Waals surface area contributed by atoms with Crippen molar-refractivity contribution in [3.05, 3.63) is 40.6 Å². The predicted molar refractivity (Wildman–Crippen MR) is 76.1 cm³/mol. The monoisotopic (exact) mass is 361 g/mol. The number of halogens is 1. The fourth-order valence-corrected chi connectivity index (χ4v) is 2.92. The van der Waals surface area contributed by atoms with E-state index in [1.807, 2.05) is 0 Å². The molecule has 0 aliphatic carbocycles. The van der Waals surface area contributed by atoms with Gasteiger partial charge in [0.05, 0.1) is 12.8 Å². The number of ether oxygens (including phenoxy) is 1. The molecule has 8 heteroatoms. The highest BCUT2D eigenvalue weighted by Gasteiger charge is 2.20. The molecule has 0 bridgehead atoms. The number of sulfonamides is 1. The molecule has 2 rings (SSSR count). The molecular formula is C12H12BrNO5S. The largest absolute Gasteiger partial charge is 0.495 e. The standard InChI is InChI=1S/C12H12BrNO5S/c1-18-11-4-2-8(13)6-10(11)14-20(16,17)12-5-3-9(7-15)19-12/h2-6,14-15H,7H2,1H3. The predicted octanol–water partition coefficient (Wildman–Crippen LogP) is 2.34. The van der Waals surface area contributed by atoms with Crippen LogP contribution in [0.25, 0.3) is 0 Å². The van der Waals surface area contributed by atoms with Crippen LogP contribution in [0.2, 0.25) is 0 Å². The summed E-state index contributed by atoms with van der Waals surface area (Å²) in [6.45, 7) is -0.365. The fourth-order valence-electron chi connectivity index (χ4n) is 1.54. The molecule has 6 nitrogen and oxygen atoms in total. The Morgan fingerprint density at radius 2 is 2.10 bits per heavy atom. The van der Waals surface area contributed by atoms with Crippen molar-refractivity contribution in [2.24, 2.45) is 0 Å². The van der Waals surface area contributed by atoms with Gasteiger partial charge in [0.2, 0.25) is 5.09 Å². The second-order valence-corrected chi connectivity index (χ2v) is 6.36. The van der Waals surface area contributed by atoms with Crippen LogP contribution in [-0.2, 0) is 16.6 Å². The van der Waals surface area contributed by atoms with E-state index in [0.717, 1.165) is 0 Å². The molecular weight excluding hydrogens is 350 g/mol. The zero-order chi connectivity index (χ0) is 14.8. The Bertz CT molecular complexity index is 710. The lowest BCUT2D eigenvalue weighted by Gasteiger charge is -2.10. The van der Waals surface area contributed by atoms with Crippen molar-refractivity contribution >= 4 is 31.6 Å². The molecule has 1 aromatic carbocycles. The molecule has 108 valence electrons. The van der Waals surface area contributed by atoms with Gasteiger partial charge in [-0.15, -0.1) is 0 Å². The maximum Gasteiger partial charge on any atom is 0.295 e. The Morgan fingerprint density at radius 3 is 2.70 bits per heavy atom. The summed E-state index contributed by atoms with van der Waals surface area (Å²) in [5, 5.41) is 8.62. The van der Waals surface area contributed by atoms with Gasteiger partial charge < -0.3 is 14.3 Å². The number of anilines is 1. The SMILES string of the molecule is COc1ccc(Br)cc1NS(=O)(=O)c1ccc(CO)o1. The summed E-state index contributed by atoms with van der Waals surface area (Å²) in [5.41, 5.74) is 0.281. The van der Waals surface area contributed by atoms with E-state index in [1.54, 1.807) is 18.2 Å². The van der Waals surface area contributed by atoms with E-state index in [1.165, 1.54) is 19.2 Å². The minimum atomic E-state index is -3.88. The first-order valence-corrected chi connectivity index (χ1v) is 7.80. The van der Waals surface area contributed by atoms with Gasteiger partial charge in [-0.1, -0.05) is 15.9 Å². The summed E-state index contributed by atoms with van der Waals surface area (Å²) in [4.78, 5) is 0. The summed E-state index contributed by atoms with van der Waals surface area (Å²) in [6.07, 6.45) is 0. The summed E-state index contributed by atoms with van der Waals surface area (Å²) >= 11 is 3.26. The molecule has 0 aliphatic rings. The van der Waals surface area contributed by atoms with Crippen LogP contribution in [-0.4, -0.2) is 20.6 Å². The van der Waals surface area contributed by atoms with E-state index in [9.17, 15) is 8.42 Å². The van der Waals surface area contributed by atoms with E-state index in [2.05, 4.69) is 20.7 Å². The second-order valence-electron chi connectivity index (χ2n) is 3.83. The third kappa shape index (κ3) is 3.14. The van der Waals surface area contributed by atoms with Crippen LogP contribution >= 0.6 is 15.9 Å². The van der Waals surface area contributed by atoms with Crippen LogP contribution in [0.15, 0.2) is 44.3 Å². The number of methoxy groups -OCH3 is 1. The number of hydrogen-bond acceptors (Lipinski definition) is 5. The highest BCUT2D eigenvalue weighted by molar-refractivity contribution is 9.10. The summed E-state index contributed by atoms with van der Waals surface area (Å²) < 4.78 is 37.5. The molecule has 0 saturated heterocycles. The number of rotatable bonds is 5. The summed E-state index contributed by atoms with van der Waals surface area (Å²) in [6, 6.07) is 7.61. The van der Waals surface area contributed by atoms with Gasteiger partial charge in [0, 0.05) is 4.47 Å². The van der Waals surface area contributed by atoms with Gasteiger partial charge in [0.15, 0.2) is 0 Å². The molecule has 0 saturated carbocycles. The lowest BCUT2D eigenvalue weighted by molar-refractivity contribution is 0.236. The highest BCUT2D eigenvalue weighted by Crippen LogP contribution is 2.30. The third-order valence-corrected chi connectivity index (χ3v) is 4.19. The molecule has 2 N–H and O–H groups in total. The van der Waals surface area contributed by atoms with E-state index < -0.39 is 10.0 Å². The van der Waals surface area contributed by atoms with Gasteiger partial charge in [0.25, 0.3) is 10.0 Å². The third-order valence-electron chi connectivity index (χ3n) is 2.46. The molecule has 0 unspecified atom stereocenters. The lowest BCUT2D eigenvalue weighted by atomic mass is 10.3. The topological polar surface area (TPSA) is 88.8 Å². The second kappa shape index (κ2) is 5.86. The first kappa shape index (κ1) is 14.9. The van der Waals surface area contributed by atoms with Gasteiger partial charge in [-0.3, -0.25) is 4.72 Å². The Balaban J connectivity index is 2.35. The minimum Gasteiger partial charge on any atom is -0.495 e. The average molecular weight is 362 g/mol. The molecule has 1 aromatic heterocycles. The number of aliphatic hydroxyl groups is 1. The van der Waals surface area contributed by atoms with Crippen molar-refractivity contribution in [3.8, 4) is 5.75 Å². The maximum atomic E-state index is 12.2. The van der Waals surface area contributed by atoms with E-state index >= 15 is 0 Å². The number of benzene rings is 1. The van der Waals surface area contributed by atoms with Crippen molar-refractivity contribution in [2.45, 2.75) is 11.7 Å². The van der Waals surface area contributed by atoms with Gasteiger partial charge >= 0.3 is 0 Å². The molecule has 0 spiro atoms. The van der Waals surface area contributed by atoms with Crippen molar-refractivity contribution in [1.82, 2.24) is 0 Å².